The lowest BCUT2D eigenvalue weighted by atomic mass is 9.93. The number of nitrogens with zero attached hydrogens (tertiary/aromatic N) is 7. The number of amides is 2. The summed E-state index contributed by atoms with van der Waals surface area (Å²) in [6.07, 6.45) is 1.53. The van der Waals surface area contributed by atoms with E-state index in [1.54, 1.807) is 11.6 Å². The van der Waals surface area contributed by atoms with E-state index in [9.17, 15) is 9.59 Å². The SMILES string of the molecule is CC(=O)N1CCN(c2ccc(-c3nn(-c4ccc(NC(=O)Cc5cc(C(C)(C)C)on5)cc4)c4ncnc(N)c34)cc2)CC1. The Bertz CT molecular complexity index is 1810. The lowest BCUT2D eigenvalue weighted by molar-refractivity contribution is -0.129. The van der Waals surface area contributed by atoms with E-state index in [2.05, 4.69) is 37.5 Å². The maximum atomic E-state index is 12.7. The molecule has 1 aliphatic heterocycles. The number of fused-ring (bicyclic) bond motifs is 1. The van der Waals surface area contributed by atoms with E-state index < -0.39 is 0 Å². The third-order valence-corrected chi connectivity index (χ3v) is 7.76. The minimum atomic E-state index is -0.192. The largest absolute Gasteiger partial charge is 0.383 e. The molecule has 12 nitrogen and oxygen atoms in total. The molecule has 0 unspecified atom stereocenters. The van der Waals surface area contributed by atoms with Crippen LogP contribution in [0.25, 0.3) is 28.0 Å². The number of nitrogens with two attached hydrogens (primary N) is 1. The zero-order valence-corrected chi connectivity index (χ0v) is 25.2. The maximum Gasteiger partial charge on any atom is 0.230 e. The number of hydrogen-bond acceptors (Lipinski definition) is 9. The van der Waals surface area contributed by atoms with E-state index >= 15 is 0 Å². The highest BCUT2D eigenvalue weighted by Gasteiger charge is 2.22. The summed E-state index contributed by atoms with van der Waals surface area (Å²) in [5, 5.41) is 12.5. The van der Waals surface area contributed by atoms with Crippen molar-refractivity contribution in [1.82, 2.24) is 29.8 Å². The first-order valence-corrected chi connectivity index (χ1v) is 14.5. The summed E-state index contributed by atoms with van der Waals surface area (Å²) >= 11 is 0. The average molecular weight is 594 g/mol. The van der Waals surface area contributed by atoms with Crippen LogP contribution in [0.1, 0.15) is 39.1 Å². The van der Waals surface area contributed by atoms with Crippen LogP contribution in [0.15, 0.2) is 65.4 Å². The number of nitrogen functional groups attached to an aromatic ring is 1. The molecule has 3 N–H and O–H groups in total. The fraction of sp³-hybridized carbons (Fsp3) is 0.312. The van der Waals surface area contributed by atoms with Crippen molar-refractivity contribution in [3.05, 3.63) is 72.4 Å². The standard InChI is InChI=1S/C32H35N9O3/c1-20(42)39-13-15-40(16-14-39)24-9-5-21(6-10-24)29-28-30(33)34-19-35-31(28)41(37-29)25-11-7-22(8-12-25)36-27(43)18-23-17-26(44-38-23)32(2,3)4/h5-12,17,19H,13-16,18H2,1-4H3,(H,36,43)(H2,33,34,35). The number of hydrogen-bond donors (Lipinski definition) is 2. The maximum absolute atomic E-state index is 12.7. The predicted octanol–water partition coefficient (Wildman–Crippen LogP) is 4.20. The van der Waals surface area contributed by atoms with Crippen molar-refractivity contribution in [2.45, 2.75) is 39.5 Å². The Hall–Kier alpha value is -5.26. The Kier molecular flexibility index (Phi) is 7.50. The van der Waals surface area contributed by atoms with Gasteiger partial charge in [0.1, 0.15) is 23.6 Å². The second-order valence-electron chi connectivity index (χ2n) is 12.0. The van der Waals surface area contributed by atoms with Crippen LogP contribution in [0.3, 0.4) is 0 Å². The molecule has 1 aliphatic rings. The summed E-state index contributed by atoms with van der Waals surface area (Å²) in [5.41, 5.74) is 11.3. The molecule has 0 aliphatic carbocycles. The third kappa shape index (κ3) is 5.83. The Balaban J connectivity index is 1.20. The van der Waals surface area contributed by atoms with Crippen LogP contribution in [-0.4, -0.2) is 67.8 Å². The van der Waals surface area contributed by atoms with Crippen LogP contribution in [0, 0.1) is 0 Å². The van der Waals surface area contributed by atoms with E-state index in [0.29, 0.717) is 47.0 Å². The normalized spacial score (nSPS) is 13.8. The van der Waals surface area contributed by atoms with E-state index in [1.807, 2.05) is 68.1 Å². The molecule has 0 radical (unpaired) electrons. The Morgan fingerprint density at radius 3 is 2.27 bits per heavy atom. The molecule has 12 heteroatoms. The van der Waals surface area contributed by atoms with E-state index in [4.69, 9.17) is 15.4 Å². The predicted molar refractivity (Wildman–Crippen MR) is 169 cm³/mol. The van der Waals surface area contributed by atoms with Gasteiger partial charge in [-0.3, -0.25) is 9.59 Å². The van der Waals surface area contributed by atoms with Crippen molar-refractivity contribution in [1.29, 1.82) is 0 Å². The quantitative estimate of drug-likeness (QED) is 0.295. The van der Waals surface area contributed by atoms with E-state index in [-0.39, 0.29) is 23.7 Å². The Morgan fingerprint density at radius 2 is 1.64 bits per heavy atom. The molecule has 0 spiro atoms. The Morgan fingerprint density at radius 1 is 0.955 bits per heavy atom. The summed E-state index contributed by atoms with van der Waals surface area (Å²) in [4.78, 5) is 37.2. The fourth-order valence-electron chi connectivity index (χ4n) is 5.27. The highest BCUT2D eigenvalue weighted by Crippen LogP contribution is 2.33. The molecule has 1 fully saturated rings. The zero-order chi connectivity index (χ0) is 31.0. The zero-order valence-electron chi connectivity index (χ0n) is 25.2. The van der Waals surface area contributed by atoms with Crippen LogP contribution in [0.4, 0.5) is 17.2 Å². The van der Waals surface area contributed by atoms with Gasteiger partial charge < -0.3 is 25.4 Å². The van der Waals surface area contributed by atoms with Crippen molar-refractivity contribution < 1.29 is 14.1 Å². The van der Waals surface area contributed by atoms with Crippen molar-refractivity contribution in [3.63, 3.8) is 0 Å². The second kappa shape index (κ2) is 11.4. The molecular formula is C32H35N9O3. The Labute approximate surface area is 254 Å². The average Bonchev–Trinajstić information content (AvgIpc) is 3.64. The van der Waals surface area contributed by atoms with Gasteiger partial charge >= 0.3 is 0 Å². The van der Waals surface area contributed by atoms with E-state index in [1.165, 1.54) is 6.33 Å². The van der Waals surface area contributed by atoms with Gasteiger partial charge in [-0.2, -0.15) is 5.10 Å². The molecular weight excluding hydrogens is 558 g/mol. The third-order valence-electron chi connectivity index (χ3n) is 7.76. The first-order chi connectivity index (χ1) is 21.1. The second-order valence-corrected chi connectivity index (χ2v) is 12.0. The van der Waals surface area contributed by atoms with Crippen molar-refractivity contribution >= 4 is 40.0 Å². The summed E-state index contributed by atoms with van der Waals surface area (Å²) in [5.74, 6) is 0.995. The molecule has 0 bridgehead atoms. The summed E-state index contributed by atoms with van der Waals surface area (Å²) < 4.78 is 7.12. The first-order valence-electron chi connectivity index (χ1n) is 14.5. The number of rotatable bonds is 6. The van der Waals surface area contributed by atoms with Gasteiger partial charge in [0, 0.05) is 61.5 Å². The number of benzene rings is 2. The lowest BCUT2D eigenvalue weighted by Gasteiger charge is -2.35. The lowest BCUT2D eigenvalue weighted by Crippen LogP contribution is -2.48. The highest BCUT2D eigenvalue weighted by molar-refractivity contribution is 5.99. The van der Waals surface area contributed by atoms with Gasteiger partial charge in [-0.1, -0.05) is 38.1 Å². The molecule has 6 rings (SSSR count). The smallest absolute Gasteiger partial charge is 0.230 e. The number of anilines is 3. The van der Waals surface area contributed by atoms with Gasteiger partial charge in [0.2, 0.25) is 11.8 Å². The minimum Gasteiger partial charge on any atom is -0.383 e. The minimum absolute atomic E-state index is 0.109. The van der Waals surface area contributed by atoms with Crippen LogP contribution in [-0.2, 0) is 21.4 Å². The van der Waals surface area contributed by atoms with Crippen molar-refractivity contribution in [3.8, 4) is 16.9 Å². The molecule has 4 heterocycles. The number of carbonyl (C=O) groups is 2. The number of nitrogens with one attached hydrogen (secondary N) is 1. The summed E-state index contributed by atoms with van der Waals surface area (Å²) in [6, 6.07) is 17.3. The van der Waals surface area contributed by atoms with Gasteiger partial charge in [0.25, 0.3) is 0 Å². The molecule has 226 valence electrons. The van der Waals surface area contributed by atoms with Crippen molar-refractivity contribution in [2.75, 3.05) is 42.1 Å². The summed E-state index contributed by atoms with van der Waals surface area (Å²) in [6.45, 7) is 10.7. The van der Waals surface area contributed by atoms with Crippen LogP contribution < -0.4 is 16.0 Å². The topological polar surface area (TPSA) is 148 Å². The van der Waals surface area contributed by atoms with Crippen molar-refractivity contribution in [2.24, 2.45) is 0 Å². The molecule has 2 aromatic carbocycles. The molecule has 44 heavy (non-hydrogen) atoms. The molecule has 2 amide bonds. The van der Waals surface area contributed by atoms with Gasteiger partial charge in [-0.15, -0.1) is 0 Å². The molecule has 0 atom stereocenters. The van der Waals surface area contributed by atoms with E-state index in [0.717, 1.165) is 35.8 Å². The molecule has 5 aromatic rings. The van der Waals surface area contributed by atoms with Crippen LogP contribution in [0.2, 0.25) is 0 Å². The van der Waals surface area contributed by atoms with Gasteiger partial charge in [-0.25, -0.2) is 14.6 Å². The summed E-state index contributed by atoms with van der Waals surface area (Å²) in [7, 11) is 0. The molecule has 0 saturated carbocycles. The fourth-order valence-corrected chi connectivity index (χ4v) is 5.27. The van der Waals surface area contributed by atoms with Crippen LogP contribution >= 0.6 is 0 Å². The molecule has 3 aromatic heterocycles. The number of carbonyl (C=O) groups excluding carboxylic acids is 2. The van der Waals surface area contributed by atoms with Gasteiger partial charge in [0.15, 0.2) is 5.65 Å². The van der Waals surface area contributed by atoms with Gasteiger partial charge in [0.05, 0.1) is 23.2 Å². The first kappa shape index (κ1) is 28.8. The molecule has 1 saturated heterocycles. The highest BCUT2D eigenvalue weighted by atomic mass is 16.5. The number of piperazine rings is 1. The van der Waals surface area contributed by atoms with Gasteiger partial charge in [-0.05, 0) is 36.4 Å². The van der Waals surface area contributed by atoms with Crippen LogP contribution in [0.5, 0.6) is 0 Å². The number of aromatic nitrogens is 5. The monoisotopic (exact) mass is 593 g/mol.